The molecule has 5 atom stereocenters. The summed E-state index contributed by atoms with van der Waals surface area (Å²) in [6.45, 7) is 16.5. The van der Waals surface area contributed by atoms with Gasteiger partial charge in [-0.25, -0.2) is 4.57 Å². The molecule has 2 aliphatic heterocycles. The van der Waals surface area contributed by atoms with Crippen LogP contribution < -0.4 is 5.32 Å². The standard InChI is InChI=1S/C30H56N3O9P/c1-20(2)28(34)10-9-11-29(35)32-16-26(41-23(7)8)14-25(32)19-40-43(37,38)42-27-15-24(18-39-22(5)6)33(17-27)30(36)12-13-31-21(3)4/h20-27,31H,9-19H2,1-8H3,(H,37,38)/t24-,25-,26+,27?/m0/s1. The number of rotatable bonds is 19. The zero-order valence-corrected chi connectivity index (χ0v) is 28.3. The molecular formula is C30H56N3O9P. The van der Waals surface area contributed by atoms with E-state index in [2.05, 4.69) is 5.32 Å². The highest BCUT2D eigenvalue weighted by molar-refractivity contribution is 7.47. The second kappa shape index (κ2) is 17.9. The Morgan fingerprint density at radius 3 is 2.00 bits per heavy atom. The van der Waals surface area contributed by atoms with Crippen LogP contribution in [0.25, 0.3) is 0 Å². The molecule has 0 spiro atoms. The maximum atomic E-state index is 13.1. The van der Waals surface area contributed by atoms with Gasteiger partial charge in [-0.3, -0.25) is 23.4 Å². The average molecular weight is 634 g/mol. The van der Waals surface area contributed by atoms with Gasteiger partial charge < -0.3 is 29.5 Å². The summed E-state index contributed by atoms with van der Waals surface area (Å²) < 4.78 is 35.8. The first-order valence-corrected chi connectivity index (χ1v) is 17.3. The van der Waals surface area contributed by atoms with E-state index in [-0.39, 0.29) is 73.5 Å². The number of ether oxygens (including phenoxy) is 2. The normalized spacial score (nSPS) is 24.1. The van der Waals surface area contributed by atoms with E-state index >= 15 is 0 Å². The Labute approximate surface area is 258 Å². The summed E-state index contributed by atoms with van der Waals surface area (Å²) in [6, 6.07) is -0.492. The third kappa shape index (κ3) is 13.6. The molecule has 0 aromatic heterocycles. The highest BCUT2D eigenvalue weighted by Gasteiger charge is 2.42. The van der Waals surface area contributed by atoms with Gasteiger partial charge in [-0.1, -0.05) is 27.7 Å². The predicted molar refractivity (Wildman–Crippen MR) is 163 cm³/mol. The molecule has 2 fully saturated rings. The van der Waals surface area contributed by atoms with Gasteiger partial charge in [0.25, 0.3) is 0 Å². The number of carbonyl (C=O) groups is 3. The lowest BCUT2D eigenvalue weighted by molar-refractivity contribution is -0.134. The molecule has 12 nitrogen and oxygen atoms in total. The molecule has 2 rings (SSSR count). The van der Waals surface area contributed by atoms with Crippen molar-refractivity contribution in [3.05, 3.63) is 0 Å². The van der Waals surface area contributed by atoms with Gasteiger partial charge in [0.15, 0.2) is 0 Å². The highest BCUT2D eigenvalue weighted by Crippen LogP contribution is 2.47. The summed E-state index contributed by atoms with van der Waals surface area (Å²) in [7, 11) is -4.51. The molecule has 2 amide bonds. The summed E-state index contributed by atoms with van der Waals surface area (Å²) in [5.74, 6) is -0.170. The van der Waals surface area contributed by atoms with E-state index in [1.54, 1.807) is 9.80 Å². The Kier molecular flexibility index (Phi) is 15.8. The van der Waals surface area contributed by atoms with E-state index in [4.69, 9.17) is 18.5 Å². The Morgan fingerprint density at radius 1 is 0.837 bits per heavy atom. The minimum absolute atomic E-state index is 0.0249. The first-order valence-electron chi connectivity index (χ1n) is 15.9. The molecule has 2 aliphatic rings. The second-order valence-electron chi connectivity index (χ2n) is 12.9. The smallest absolute Gasteiger partial charge is 0.377 e. The maximum absolute atomic E-state index is 13.1. The number of ketones is 1. The Bertz CT molecular complexity index is 946. The van der Waals surface area contributed by atoms with Gasteiger partial charge in [0.05, 0.1) is 49.7 Å². The van der Waals surface area contributed by atoms with E-state index < -0.39 is 20.0 Å². The van der Waals surface area contributed by atoms with Crippen molar-refractivity contribution in [1.29, 1.82) is 0 Å². The quantitative estimate of drug-likeness (QED) is 0.202. The number of nitrogens with one attached hydrogen (secondary N) is 1. The van der Waals surface area contributed by atoms with E-state index in [1.165, 1.54) is 0 Å². The number of phosphoric ester groups is 1. The molecule has 0 radical (unpaired) electrons. The van der Waals surface area contributed by atoms with Crippen molar-refractivity contribution >= 4 is 25.4 Å². The zero-order valence-electron chi connectivity index (χ0n) is 27.5. The minimum atomic E-state index is -4.51. The molecule has 250 valence electrons. The molecule has 0 aromatic rings. The summed E-state index contributed by atoms with van der Waals surface area (Å²) in [5, 5.41) is 3.24. The Balaban J connectivity index is 1.99. The monoisotopic (exact) mass is 633 g/mol. The first kappa shape index (κ1) is 37.8. The molecule has 43 heavy (non-hydrogen) atoms. The fourth-order valence-electron chi connectivity index (χ4n) is 5.39. The summed E-state index contributed by atoms with van der Waals surface area (Å²) >= 11 is 0. The fourth-order valence-corrected chi connectivity index (χ4v) is 6.35. The van der Waals surface area contributed by atoms with Crippen molar-refractivity contribution in [3.63, 3.8) is 0 Å². The zero-order chi connectivity index (χ0) is 32.3. The predicted octanol–water partition coefficient (Wildman–Crippen LogP) is 3.69. The van der Waals surface area contributed by atoms with Gasteiger partial charge in [0.2, 0.25) is 11.8 Å². The third-order valence-electron chi connectivity index (χ3n) is 7.54. The largest absolute Gasteiger partial charge is 0.472 e. The third-order valence-corrected chi connectivity index (χ3v) is 8.58. The van der Waals surface area contributed by atoms with Crippen molar-refractivity contribution in [2.45, 2.75) is 136 Å². The van der Waals surface area contributed by atoms with Crippen LogP contribution in [0, 0.1) is 5.92 Å². The number of hydrogen-bond donors (Lipinski definition) is 2. The molecular weight excluding hydrogens is 577 g/mol. The van der Waals surface area contributed by atoms with Gasteiger partial charge in [0.1, 0.15) is 5.78 Å². The van der Waals surface area contributed by atoms with Crippen LogP contribution >= 0.6 is 7.82 Å². The van der Waals surface area contributed by atoms with Crippen molar-refractivity contribution in [3.8, 4) is 0 Å². The number of hydrogen-bond acceptors (Lipinski definition) is 9. The van der Waals surface area contributed by atoms with Crippen LogP contribution in [0.2, 0.25) is 0 Å². The maximum Gasteiger partial charge on any atom is 0.472 e. The number of Topliss-reactive ketones (excluding diaryl/α,β-unsaturated/α-hetero) is 1. The first-order chi connectivity index (χ1) is 20.1. The lowest BCUT2D eigenvalue weighted by atomic mass is 10.0. The lowest BCUT2D eigenvalue weighted by Crippen LogP contribution is -2.40. The van der Waals surface area contributed by atoms with Crippen molar-refractivity contribution in [2.24, 2.45) is 5.92 Å². The molecule has 0 aliphatic carbocycles. The second-order valence-corrected chi connectivity index (χ2v) is 14.3. The SMILES string of the molecule is CC(C)NCCC(=O)N1CC(OP(=O)(O)OC[C@@H]2C[C@@H](OC(C)C)CN2C(=O)CCCC(=O)C(C)C)C[C@H]1COC(C)C. The van der Waals surface area contributed by atoms with E-state index in [0.29, 0.717) is 51.8 Å². The van der Waals surface area contributed by atoms with Crippen LogP contribution in [0.5, 0.6) is 0 Å². The number of nitrogens with zero attached hydrogens (tertiary/aromatic N) is 2. The average Bonchev–Trinajstić information content (AvgIpc) is 3.48. The van der Waals surface area contributed by atoms with Crippen LogP contribution in [0.4, 0.5) is 0 Å². The van der Waals surface area contributed by atoms with Crippen molar-refractivity contribution in [2.75, 3.05) is 32.8 Å². The van der Waals surface area contributed by atoms with Gasteiger partial charge in [0, 0.05) is 50.9 Å². The molecule has 0 bridgehead atoms. The number of phosphoric acid groups is 1. The molecule has 2 N–H and O–H groups in total. The number of amides is 2. The number of likely N-dealkylation sites (tertiary alicyclic amines) is 2. The lowest BCUT2D eigenvalue weighted by Gasteiger charge is -2.26. The van der Waals surface area contributed by atoms with Crippen LogP contribution in [0.15, 0.2) is 0 Å². The van der Waals surface area contributed by atoms with Crippen LogP contribution in [0.3, 0.4) is 0 Å². The Hall–Kier alpha value is -1.40. The molecule has 2 unspecified atom stereocenters. The van der Waals surface area contributed by atoms with Crippen LogP contribution in [-0.4, -0.2) is 108 Å². The van der Waals surface area contributed by atoms with Crippen LogP contribution in [-0.2, 0) is 37.5 Å². The molecule has 2 heterocycles. The molecule has 13 heteroatoms. The van der Waals surface area contributed by atoms with Crippen molar-refractivity contribution < 1.29 is 42.4 Å². The molecule has 2 saturated heterocycles. The Morgan fingerprint density at radius 2 is 1.42 bits per heavy atom. The summed E-state index contributed by atoms with van der Waals surface area (Å²) in [6.07, 6.45) is 1.10. The fraction of sp³-hybridized carbons (Fsp3) is 0.900. The van der Waals surface area contributed by atoms with Gasteiger partial charge in [-0.15, -0.1) is 0 Å². The summed E-state index contributed by atoms with van der Waals surface area (Å²) in [4.78, 5) is 52.0. The topological polar surface area (TPSA) is 144 Å². The van der Waals surface area contributed by atoms with Gasteiger partial charge >= 0.3 is 7.82 Å². The molecule has 0 saturated carbocycles. The van der Waals surface area contributed by atoms with Crippen LogP contribution in [0.1, 0.15) is 93.9 Å². The minimum Gasteiger partial charge on any atom is -0.377 e. The molecule has 0 aromatic carbocycles. The summed E-state index contributed by atoms with van der Waals surface area (Å²) in [5.41, 5.74) is 0. The van der Waals surface area contributed by atoms with E-state index in [9.17, 15) is 23.8 Å². The number of carbonyl (C=O) groups excluding carboxylic acids is 3. The van der Waals surface area contributed by atoms with E-state index in [0.717, 1.165) is 0 Å². The van der Waals surface area contributed by atoms with Crippen molar-refractivity contribution in [1.82, 2.24) is 15.1 Å². The van der Waals surface area contributed by atoms with E-state index in [1.807, 2.05) is 55.4 Å². The van der Waals surface area contributed by atoms with Gasteiger partial charge in [-0.2, -0.15) is 0 Å². The van der Waals surface area contributed by atoms with Gasteiger partial charge in [-0.05, 0) is 47.0 Å². The highest BCUT2D eigenvalue weighted by atomic mass is 31.2.